The summed E-state index contributed by atoms with van der Waals surface area (Å²) in [7, 11) is 0. The van der Waals surface area contributed by atoms with E-state index in [0.717, 1.165) is 0 Å². The minimum absolute atomic E-state index is 0.181. The maximum atomic E-state index is 12.2. The Morgan fingerprint density at radius 2 is 1.40 bits per heavy atom. The molecule has 2 rings (SSSR count). The SMILES string of the molecule is O=C(C1CC1F)C1CC1F. The van der Waals surface area contributed by atoms with Gasteiger partial charge in [-0.05, 0) is 12.8 Å². The van der Waals surface area contributed by atoms with Crippen LogP contribution in [0.2, 0.25) is 0 Å². The predicted octanol–water partition coefficient (Wildman–Crippen LogP) is 1.27. The summed E-state index contributed by atoms with van der Waals surface area (Å²) in [6.45, 7) is 0. The number of hydrogen-bond donors (Lipinski definition) is 0. The van der Waals surface area contributed by atoms with E-state index in [9.17, 15) is 13.6 Å². The molecule has 2 fully saturated rings. The van der Waals surface area contributed by atoms with Crippen molar-refractivity contribution in [1.29, 1.82) is 0 Å². The van der Waals surface area contributed by atoms with Crippen LogP contribution >= 0.6 is 0 Å². The summed E-state index contributed by atoms with van der Waals surface area (Å²) in [6, 6.07) is 0. The number of alkyl halides is 2. The quantitative estimate of drug-likeness (QED) is 0.573. The van der Waals surface area contributed by atoms with E-state index in [-0.39, 0.29) is 5.78 Å². The molecule has 0 spiro atoms. The van der Waals surface area contributed by atoms with E-state index >= 15 is 0 Å². The Kier molecular flexibility index (Phi) is 1.11. The van der Waals surface area contributed by atoms with Crippen molar-refractivity contribution < 1.29 is 13.6 Å². The third kappa shape index (κ3) is 0.842. The molecule has 0 heterocycles. The molecule has 56 valence electrons. The summed E-state index contributed by atoms with van der Waals surface area (Å²) in [5.74, 6) is -1.06. The average Bonchev–Trinajstić information content (AvgIpc) is 2.70. The molecule has 0 saturated heterocycles. The van der Waals surface area contributed by atoms with Crippen molar-refractivity contribution in [2.24, 2.45) is 11.8 Å². The first-order valence-electron chi connectivity index (χ1n) is 3.52. The highest BCUT2D eigenvalue weighted by Crippen LogP contribution is 2.44. The lowest BCUT2D eigenvalue weighted by molar-refractivity contribution is -0.122. The van der Waals surface area contributed by atoms with Crippen LogP contribution in [-0.4, -0.2) is 18.1 Å². The van der Waals surface area contributed by atoms with E-state index in [4.69, 9.17) is 0 Å². The van der Waals surface area contributed by atoms with Gasteiger partial charge in [0.15, 0.2) is 0 Å². The Morgan fingerprint density at radius 1 is 1.10 bits per heavy atom. The van der Waals surface area contributed by atoms with Gasteiger partial charge in [-0.15, -0.1) is 0 Å². The number of hydrogen-bond acceptors (Lipinski definition) is 1. The number of carbonyl (C=O) groups excluding carboxylic acids is 1. The molecule has 2 aliphatic rings. The zero-order valence-electron chi connectivity index (χ0n) is 5.39. The summed E-state index contributed by atoms with van der Waals surface area (Å²) in [4.78, 5) is 10.9. The van der Waals surface area contributed by atoms with Gasteiger partial charge in [0.25, 0.3) is 0 Å². The van der Waals surface area contributed by atoms with Crippen molar-refractivity contribution >= 4 is 5.78 Å². The van der Waals surface area contributed by atoms with E-state index < -0.39 is 24.2 Å². The molecule has 0 radical (unpaired) electrons. The normalized spacial score (nSPS) is 50.6. The fraction of sp³-hybridized carbons (Fsp3) is 0.857. The van der Waals surface area contributed by atoms with Crippen LogP contribution in [0.5, 0.6) is 0 Å². The van der Waals surface area contributed by atoms with Crippen LogP contribution in [0.3, 0.4) is 0 Å². The maximum Gasteiger partial charge on any atom is 0.145 e. The Balaban J connectivity index is 1.89. The van der Waals surface area contributed by atoms with Gasteiger partial charge < -0.3 is 0 Å². The second-order valence-electron chi connectivity index (χ2n) is 3.12. The van der Waals surface area contributed by atoms with Crippen LogP contribution < -0.4 is 0 Å². The number of Topliss-reactive ketones (excluding diaryl/α,β-unsaturated/α-hetero) is 1. The highest BCUT2D eigenvalue weighted by molar-refractivity contribution is 5.89. The smallest absolute Gasteiger partial charge is 0.145 e. The average molecular weight is 146 g/mol. The molecular weight excluding hydrogens is 138 g/mol. The molecular formula is C7H8F2O. The van der Waals surface area contributed by atoms with Crippen molar-refractivity contribution in [2.75, 3.05) is 0 Å². The van der Waals surface area contributed by atoms with Crippen molar-refractivity contribution in [3.63, 3.8) is 0 Å². The molecule has 4 unspecified atom stereocenters. The Morgan fingerprint density at radius 3 is 1.60 bits per heavy atom. The molecule has 10 heavy (non-hydrogen) atoms. The van der Waals surface area contributed by atoms with Gasteiger partial charge in [0.1, 0.15) is 18.1 Å². The Bertz CT molecular complexity index is 162. The zero-order chi connectivity index (χ0) is 7.30. The van der Waals surface area contributed by atoms with Gasteiger partial charge in [0.05, 0.1) is 11.8 Å². The highest BCUT2D eigenvalue weighted by atomic mass is 19.1. The van der Waals surface area contributed by atoms with E-state index in [1.165, 1.54) is 0 Å². The van der Waals surface area contributed by atoms with Crippen LogP contribution in [0.25, 0.3) is 0 Å². The number of carbonyl (C=O) groups is 1. The van der Waals surface area contributed by atoms with E-state index in [1.54, 1.807) is 0 Å². The Labute approximate surface area is 57.4 Å². The van der Waals surface area contributed by atoms with E-state index in [0.29, 0.717) is 12.8 Å². The molecule has 4 atom stereocenters. The second-order valence-corrected chi connectivity index (χ2v) is 3.12. The van der Waals surface area contributed by atoms with Crippen molar-refractivity contribution in [3.05, 3.63) is 0 Å². The van der Waals surface area contributed by atoms with E-state index in [2.05, 4.69) is 0 Å². The highest BCUT2D eigenvalue weighted by Gasteiger charge is 2.53. The fourth-order valence-corrected chi connectivity index (χ4v) is 1.19. The van der Waals surface area contributed by atoms with Crippen LogP contribution in [0.1, 0.15) is 12.8 Å². The fourth-order valence-electron chi connectivity index (χ4n) is 1.19. The van der Waals surface area contributed by atoms with Crippen LogP contribution in [0.15, 0.2) is 0 Å². The van der Waals surface area contributed by atoms with Gasteiger partial charge in [-0.25, -0.2) is 8.78 Å². The van der Waals surface area contributed by atoms with E-state index in [1.807, 2.05) is 0 Å². The summed E-state index contributed by atoms with van der Waals surface area (Å²) in [5, 5.41) is 0. The summed E-state index contributed by atoms with van der Waals surface area (Å²) >= 11 is 0. The molecule has 2 aliphatic carbocycles. The standard InChI is InChI=1S/C7H8F2O/c8-5-1-3(5)7(10)4-2-6(4)9/h3-6H,1-2H2. The Hall–Kier alpha value is -0.470. The van der Waals surface area contributed by atoms with Crippen molar-refractivity contribution in [2.45, 2.75) is 25.2 Å². The van der Waals surface area contributed by atoms with Crippen LogP contribution in [0, 0.1) is 11.8 Å². The van der Waals surface area contributed by atoms with Crippen LogP contribution in [0.4, 0.5) is 8.78 Å². The molecule has 0 aromatic heterocycles. The summed E-state index contributed by atoms with van der Waals surface area (Å²) < 4.78 is 24.4. The molecule has 0 N–H and O–H groups in total. The zero-order valence-corrected chi connectivity index (χ0v) is 5.39. The minimum Gasteiger partial charge on any atom is -0.299 e. The summed E-state index contributed by atoms with van der Waals surface area (Å²) in [5.41, 5.74) is 0. The molecule has 1 nitrogen and oxygen atoms in total. The first-order chi connectivity index (χ1) is 4.70. The number of rotatable bonds is 2. The number of halogens is 2. The first-order valence-corrected chi connectivity index (χ1v) is 3.52. The van der Waals surface area contributed by atoms with Gasteiger partial charge in [0.2, 0.25) is 0 Å². The predicted molar refractivity (Wildman–Crippen MR) is 31.0 cm³/mol. The topological polar surface area (TPSA) is 17.1 Å². The third-order valence-corrected chi connectivity index (χ3v) is 2.16. The van der Waals surface area contributed by atoms with Crippen molar-refractivity contribution in [3.8, 4) is 0 Å². The maximum absolute atomic E-state index is 12.2. The lowest BCUT2D eigenvalue weighted by Gasteiger charge is -1.89. The van der Waals surface area contributed by atoms with Gasteiger partial charge in [0, 0.05) is 0 Å². The molecule has 0 amide bonds. The molecule has 0 aliphatic heterocycles. The second kappa shape index (κ2) is 1.77. The molecule has 0 aromatic carbocycles. The monoisotopic (exact) mass is 146 g/mol. The molecule has 0 aromatic rings. The lowest BCUT2D eigenvalue weighted by Crippen LogP contribution is -2.06. The number of ketones is 1. The first kappa shape index (κ1) is 6.25. The molecule has 0 bridgehead atoms. The van der Waals surface area contributed by atoms with Gasteiger partial charge in [-0.2, -0.15) is 0 Å². The van der Waals surface area contributed by atoms with Crippen molar-refractivity contribution in [1.82, 2.24) is 0 Å². The molecule has 3 heteroatoms. The molecule has 2 saturated carbocycles. The van der Waals surface area contributed by atoms with Gasteiger partial charge in [-0.1, -0.05) is 0 Å². The van der Waals surface area contributed by atoms with Crippen LogP contribution in [-0.2, 0) is 4.79 Å². The third-order valence-electron chi connectivity index (χ3n) is 2.16. The lowest BCUT2D eigenvalue weighted by atomic mass is 10.2. The summed E-state index contributed by atoms with van der Waals surface area (Å²) in [6.07, 6.45) is -1.25. The van der Waals surface area contributed by atoms with Gasteiger partial charge >= 0.3 is 0 Å². The van der Waals surface area contributed by atoms with Gasteiger partial charge in [-0.3, -0.25) is 4.79 Å². The largest absolute Gasteiger partial charge is 0.299 e. The minimum atomic E-state index is -0.958.